The first-order valence-electron chi connectivity index (χ1n) is 9.66. The lowest BCUT2D eigenvalue weighted by atomic mass is 9.72. The number of hydrogen-bond donors (Lipinski definition) is 0. The Kier molecular flexibility index (Phi) is 4.99. The Bertz CT molecular complexity index is 1220. The van der Waals surface area contributed by atoms with Crippen LogP contribution >= 0.6 is 22.9 Å². The monoisotopic (exact) mass is 435 g/mol. The van der Waals surface area contributed by atoms with Crippen LogP contribution in [0.2, 0.25) is 5.28 Å². The lowest BCUT2D eigenvalue weighted by Crippen LogP contribution is -2.50. The summed E-state index contributed by atoms with van der Waals surface area (Å²) in [6.45, 7) is 0.578. The fourth-order valence-electron chi connectivity index (χ4n) is 3.99. The van der Waals surface area contributed by atoms with Gasteiger partial charge >= 0.3 is 0 Å². The second-order valence-corrected chi connectivity index (χ2v) is 8.79. The molecule has 3 aromatic heterocycles. The second-order valence-electron chi connectivity index (χ2n) is 7.54. The predicted octanol–water partition coefficient (Wildman–Crippen LogP) is 5.20. The van der Waals surface area contributed by atoms with E-state index in [-0.39, 0.29) is 16.9 Å². The summed E-state index contributed by atoms with van der Waals surface area (Å²) in [6, 6.07) is 14.4. The maximum absolute atomic E-state index is 9.43. The molecular weight excluding hydrogens is 418 g/mol. The average Bonchev–Trinajstić information content (AvgIpc) is 3.39. The summed E-state index contributed by atoms with van der Waals surface area (Å²) < 4.78 is 8.94. The molecule has 0 atom stereocenters. The number of halogens is 1. The molecule has 6 nitrogen and oxygen atoms in total. The number of nitrogens with zero attached hydrogens (tertiary/aromatic N) is 5. The van der Waals surface area contributed by atoms with Crippen LogP contribution in [0.4, 0.5) is 0 Å². The third kappa shape index (κ3) is 3.47. The molecule has 30 heavy (non-hydrogen) atoms. The van der Waals surface area contributed by atoms with Gasteiger partial charge in [0.25, 0.3) is 0 Å². The first-order valence-corrected chi connectivity index (χ1v) is 10.9. The van der Waals surface area contributed by atoms with Gasteiger partial charge in [0.05, 0.1) is 52.8 Å². The quantitative estimate of drug-likeness (QED) is 0.389. The van der Waals surface area contributed by atoms with E-state index in [1.54, 1.807) is 17.5 Å². The van der Waals surface area contributed by atoms with Crippen LogP contribution in [-0.4, -0.2) is 25.9 Å². The van der Waals surface area contributed by atoms with E-state index >= 15 is 0 Å². The maximum atomic E-state index is 9.43. The molecule has 0 unspecified atom stereocenters. The first kappa shape index (κ1) is 19.2. The maximum Gasteiger partial charge on any atom is 0.223 e. The Morgan fingerprint density at radius 1 is 1.23 bits per heavy atom. The molecule has 0 radical (unpaired) electrons. The molecule has 1 aliphatic carbocycles. The van der Waals surface area contributed by atoms with Crippen molar-refractivity contribution in [2.24, 2.45) is 0 Å². The molecule has 150 valence electrons. The molecule has 0 amide bonds. The Labute approximate surface area is 182 Å². The molecule has 8 heteroatoms. The number of benzene rings is 1. The van der Waals surface area contributed by atoms with Gasteiger partial charge in [0.1, 0.15) is 0 Å². The first-order chi connectivity index (χ1) is 14.7. The topological polar surface area (TPSA) is 76.6 Å². The fraction of sp³-hybridized carbons (Fsp3) is 0.273. The number of thiophene rings is 1. The summed E-state index contributed by atoms with van der Waals surface area (Å²) in [5, 5.41) is 16.2. The van der Waals surface area contributed by atoms with E-state index in [2.05, 4.69) is 33.3 Å². The van der Waals surface area contributed by atoms with Crippen molar-refractivity contribution in [2.75, 3.05) is 0 Å². The molecular formula is C22H18ClN5OS. The zero-order chi connectivity index (χ0) is 20.6. The molecule has 1 saturated carbocycles. The molecule has 0 bridgehead atoms. The van der Waals surface area contributed by atoms with E-state index in [1.165, 1.54) is 0 Å². The summed E-state index contributed by atoms with van der Waals surface area (Å²) in [6.07, 6.45) is 5.76. The standard InChI is InChI=1S/C22H18ClN5OS/c23-21-26-18-6-9-30-20(18)19(27-21)16-12-25-28(13-16)22(7-8-24)10-17(11-22)29-14-15-4-2-1-3-5-15/h1-6,9,12-13,17H,7,10-11,14H2. The number of fused-ring (bicyclic) bond motifs is 1. The summed E-state index contributed by atoms with van der Waals surface area (Å²) in [5.74, 6) is 0. The lowest BCUT2D eigenvalue weighted by Gasteiger charge is -2.46. The van der Waals surface area contributed by atoms with Crippen LogP contribution in [0, 0.1) is 11.3 Å². The number of aromatic nitrogens is 4. The molecule has 1 aliphatic rings. The summed E-state index contributed by atoms with van der Waals surface area (Å²) in [7, 11) is 0. The average molecular weight is 436 g/mol. The normalized spacial score (nSPS) is 20.7. The van der Waals surface area contributed by atoms with Gasteiger partial charge in [-0.2, -0.15) is 10.4 Å². The number of rotatable bonds is 6. The highest BCUT2D eigenvalue weighted by Crippen LogP contribution is 2.44. The molecule has 1 fully saturated rings. The minimum Gasteiger partial charge on any atom is -0.373 e. The SMILES string of the molecule is N#CCC1(n2cc(-c3nc(Cl)nc4ccsc34)cn2)CC(OCc2ccccc2)C1. The molecule has 0 aliphatic heterocycles. The van der Waals surface area contributed by atoms with E-state index in [0.29, 0.717) is 13.0 Å². The van der Waals surface area contributed by atoms with Crippen molar-refractivity contribution in [1.29, 1.82) is 5.26 Å². The highest BCUT2D eigenvalue weighted by Gasteiger charge is 2.47. The Balaban J connectivity index is 1.36. The van der Waals surface area contributed by atoms with E-state index < -0.39 is 0 Å². The van der Waals surface area contributed by atoms with Crippen LogP contribution in [0.3, 0.4) is 0 Å². The van der Waals surface area contributed by atoms with Crippen molar-refractivity contribution < 1.29 is 4.74 Å². The van der Waals surface area contributed by atoms with Crippen LogP contribution < -0.4 is 0 Å². The zero-order valence-corrected chi connectivity index (χ0v) is 17.6. The molecule has 5 rings (SSSR count). The van der Waals surface area contributed by atoms with E-state index in [0.717, 1.165) is 39.9 Å². The van der Waals surface area contributed by atoms with Gasteiger partial charge in [-0.3, -0.25) is 4.68 Å². The van der Waals surface area contributed by atoms with Gasteiger partial charge in [-0.1, -0.05) is 30.3 Å². The summed E-state index contributed by atoms with van der Waals surface area (Å²) in [4.78, 5) is 8.70. The van der Waals surface area contributed by atoms with Crippen molar-refractivity contribution in [1.82, 2.24) is 19.7 Å². The van der Waals surface area contributed by atoms with Crippen LogP contribution in [-0.2, 0) is 16.9 Å². The van der Waals surface area contributed by atoms with Gasteiger partial charge in [-0.25, -0.2) is 9.97 Å². The van der Waals surface area contributed by atoms with Gasteiger partial charge in [-0.15, -0.1) is 11.3 Å². The molecule has 0 N–H and O–H groups in total. The molecule has 3 heterocycles. The zero-order valence-electron chi connectivity index (χ0n) is 16.0. The summed E-state index contributed by atoms with van der Waals surface area (Å²) in [5.41, 5.74) is 3.27. The van der Waals surface area contributed by atoms with Gasteiger partial charge < -0.3 is 4.74 Å². The smallest absolute Gasteiger partial charge is 0.223 e. The molecule has 0 saturated heterocycles. The summed E-state index contributed by atoms with van der Waals surface area (Å²) >= 11 is 7.69. The van der Waals surface area contributed by atoms with E-state index in [9.17, 15) is 5.26 Å². The largest absolute Gasteiger partial charge is 0.373 e. The minimum atomic E-state index is -0.347. The Morgan fingerprint density at radius 2 is 2.07 bits per heavy atom. The highest BCUT2D eigenvalue weighted by molar-refractivity contribution is 7.17. The molecule has 1 aromatic carbocycles. The minimum absolute atomic E-state index is 0.115. The van der Waals surface area contributed by atoms with Crippen LogP contribution in [0.25, 0.3) is 21.5 Å². The lowest BCUT2D eigenvalue weighted by molar-refractivity contribution is -0.0838. The van der Waals surface area contributed by atoms with Crippen molar-refractivity contribution in [3.8, 4) is 17.3 Å². The molecule has 4 aromatic rings. The number of hydrogen-bond acceptors (Lipinski definition) is 6. The molecule has 0 spiro atoms. The van der Waals surface area contributed by atoms with Gasteiger partial charge in [0, 0.05) is 24.6 Å². The van der Waals surface area contributed by atoms with Crippen molar-refractivity contribution in [3.05, 3.63) is 65.0 Å². The van der Waals surface area contributed by atoms with Crippen LogP contribution in [0.15, 0.2) is 54.2 Å². The van der Waals surface area contributed by atoms with Crippen molar-refractivity contribution in [3.63, 3.8) is 0 Å². The van der Waals surface area contributed by atoms with Crippen molar-refractivity contribution >= 4 is 33.2 Å². The third-order valence-corrected chi connectivity index (χ3v) is 6.65. The van der Waals surface area contributed by atoms with Gasteiger partial charge in [0.2, 0.25) is 5.28 Å². The Morgan fingerprint density at radius 3 is 2.87 bits per heavy atom. The number of ether oxygens (including phenoxy) is 1. The van der Waals surface area contributed by atoms with Crippen LogP contribution in [0.5, 0.6) is 0 Å². The van der Waals surface area contributed by atoms with E-state index in [4.69, 9.17) is 16.3 Å². The fourth-order valence-corrected chi connectivity index (χ4v) is 5.01. The highest BCUT2D eigenvalue weighted by atomic mass is 35.5. The second kappa shape index (κ2) is 7.80. The van der Waals surface area contributed by atoms with Crippen LogP contribution in [0.1, 0.15) is 24.8 Å². The van der Waals surface area contributed by atoms with E-state index in [1.807, 2.05) is 40.5 Å². The van der Waals surface area contributed by atoms with Gasteiger partial charge in [-0.05, 0) is 28.6 Å². The van der Waals surface area contributed by atoms with Gasteiger partial charge in [0.15, 0.2) is 0 Å². The third-order valence-electron chi connectivity index (χ3n) is 5.57. The predicted molar refractivity (Wildman–Crippen MR) is 116 cm³/mol. The number of nitriles is 1. The van der Waals surface area contributed by atoms with Crippen molar-refractivity contribution in [2.45, 2.75) is 37.5 Å². The Hall–Kier alpha value is -2.79.